The lowest BCUT2D eigenvalue weighted by molar-refractivity contribution is 0.0873. The van der Waals surface area contributed by atoms with Crippen LogP contribution in [0.1, 0.15) is 19.2 Å². The predicted molar refractivity (Wildman–Crippen MR) is 73.1 cm³/mol. The average Bonchev–Trinajstić information content (AvgIpc) is 2.95. The van der Waals surface area contributed by atoms with Gasteiger partial charge in [0.15, 0.2) is 11.5 Å². The molecule has 1 aromatic carbocycles. The number of nitrogens with one attached hydrogen (secondary N) is 1. The minimum atomic E-state index is 0.0333. The highest BCUT2D eigenvalue weighted by molar-refractivity contribution is 5.40. The molecule has 2 heterocycles. The van der Waals surface area contributed by atoms with E-state index < -0.39 is 0 Å². The number of para-hydroxylation sites is 2. The number of benzene rings is 1. The van der Waals surface area contributed by atoms with E-state index in [1.807, 2.05) is 31.2 Å². The maximum Gasteiger partial charge on any atom is 0.315 e. The molecule has 1 N–H and O–H groups in total. The maximum atomic E-state index is 5.86. The topological polar surface area (TPSA) is 69.4 Å². The highest BCUT2D eigenvalue weighted by atomic mass is 16.6. The monoisotopic (exact) mass is 275 g/mol. The Labute approximate surface area is 117 Å². The van der Waals surface area contributed by atoms with Crippen molar-refractivity contribution >= 4 is 6.01 Å². The fourth-order valence-corrected chi connectivity index (χ4v) is 2.01. The van der Waals surface area contributed by atoms with Crippen LogP contribution in [-0.4, -0.2) is 29.5 Å². The summed E-state index contributed by atoms with van der Waals surface area (Å²) in [5, 5.41) is 10.9. The lowest BCUT2D eigenvalue weighted by atomic mass is 10.2. The number of rotatable bonds is 5. The van der Waals surface area contributed by atoms with Crippen molar-refractivity contribution in [2.45, 2.75) is 25.9 Å². The van der Waals surface area contributed by atoms with Gasteiger partial charge in [-0.25, -0.2) is 0 Å². The van der Waals surface area contributed by atoms with Gasteiger partial charge in [0.05, 0.1) is 0 Å². The molecular formula is C14H17N3O3. The van der Waals surface area contributed by atoms with Crippen LogP contribution < -0.4 is 14.8 Å². The molecule has 0 amide bonds. The molecule has 0 aliphatic carbocycles. The van der Waals surface area contributed by atoms with Crippen molar-refractivity contribution < 1.29 is 13.9 Å². The highest BCUT2D eigenvalue weighted by Gasteiger charge is 2.20. The van der Waals surface area contributed by atoms with Gasteiger partial charge in [-0.2, -0.15) is 0 Å². The Kier molecular flexibility index (Phi) is 3.71. The fraction of sp³-hybridized carbons (Fsp3) is 0.429. The highest BCUT2D eigenvalue weighted by Crippen LogP contribution is 2.31. The summed E-state index contributed by atoms with van der Waals surface area (Å²) in [5.74, 6) is 2.25. The largest absolute Gasteiger partial charge is 0.486 e. The van der Waals surface area contributed by atoms with Crippen molar-refractivity contribution in [1.82, 2.24) is 10.2 Å². The van der Waals surface area contributed by atoms with Gasteiger partial charge in [0, 0.05) is 19.4 Å². The zero-order valence-electron chi connectivity index (χ0n) is 11.3. The third-order valence-corrected chi connectivity index (χ3v) is 3.08. The molecule has 0 bridgehead atoms. The van der Waals surface area contributed by atoms with E-state index in [1.54, 1.807) is 0 Å². The van der Waals surface area contributed by atoms with Crippen molar-refractivity contribution in [3.63, 3.8) is 0 Å². The summed E-state index contributed by atoms with van der Waals surface area (Å²) in [6.07, 6.45) is 1.58. The van der Waals surface area contributed by atoms with Crippen molar-refractivity contribution in [3.05, 3.63) is 30.2 Å². The second kappa shape index (κ2) is 5.81. The van der Waals surface area contributed by atoms with Crippen LogP contribution >= 0.6 is 0 Å². The van der Waals surface area contributed by atoms with Crippen LogP contribution in [0, 0.1) is 0 Å². The molecule has 3 rings (SSSR count). The Morgan fingerprint density at radius 1 is 1.25 bits per heavy atom. The van der Waals surface area contributed by atoms with Gasteiger partial charge >= 0.3 is 6.01 Å². The smallest absolute Gasteiger partial charge is 0.315 e. The van der Waals surface area contributed by atoms with Gasteiger partial charge in [-0.05, 0) is 12.1 Å². The number of fused-ring (bicyclic) bond motifs is 1. The third kappa shape index (κ3) is 2.84. The first kappa shape index (κ1) is 12.8. The predicted octanol–water partition coefficient (Wildman–Crippen LogP) is 2.27. The van der Waals surface area contributed by atoms with E-state index in [1.165, 1.54) is 0 Å². The molecule has 0 unspecified atom stereocenters. The normalized spacial score (nSPS) is 16.9. The number of hydrogen-bond donors (Lipinski definition) is 1. The Morgan fingerprint density at radius 2 is 2.10 bits per heavy atom. The molecule has 0 saturated carbocycles. The zero-order chi connectivity index (χ0) is 13.8. The van der Waals surface area contributed by atoms with Gasteiger partial charge in [-0.3, -0.25) is 0 Å². The molecule has 1 aliphatic rings. The Balaban J connectivity index is 1.48. The first-order chi connectivity index (χ1) is 9.85. The molecule has 6 nitrogen and oxygen atoms in total. The summed E-state index contributed by atoms with van der Waals surface area (Å²) in [4.78, 5) is 0. The van der Waals surface area contributed by atoms with Crippen LogP contribution in [0.5, 0.6) is 11.5 Å². The summed E-state index contributed by atoms with van der Waals surface area (Å²) in [5.41, 5.74) is 0. The van der Waals surface area contributed by atoms with Crippen LogP contribution in [0.25, 0.3) is 0 Å². The Bertz CT molecular complexity index is 570. The lowest BCUT2D eigenvalue weighted by Gasteiger charge is -2.26. The number of anilines is 1. The van der Waals surface area contributed by atoms with Crippen molar-refractivity contribution in [1.29, 1.82) is 0 Å². The van der Waals surface area contributed by atoms with E-state index in [0.717, 1.165) is 24.3 Å². The van der Waals surface area contributed by atoms with Crippen molar-refractivity contribution in [3.8, 4) is 11.5 Å². The summed E-state index contributed by atoms with van der Waals surface area (Å²) in [6, 6.07) is 8.16. The van der Waals surface area contributed by atoms with E-state index in [0.29, 0.717) is 25.1 Å². The summed E-state index contributed by atoms with van der Waals surface area (Å²) >= 11 is 0. The van der Waals surface area contributed by atoms with Crippen LogP contribution in [0.4, 0.5) is 6.01 Å². The second-order valence-electron chi connectivity index (χ2n) is 4.57. The quantitative estimate of drug-likeness (QED) is 0.902. The molecule has 2 aromatic rings. The number of aryl methyl sites for hydroxylation is 1. The summed E-state index contributed by atoms with van der Waals surface area (Å²) in [7, 11) is 0. The van der Waals surface area contributed by atoms with Gasteiger partial charge in [0.1, 0.15) is 12.7 Å². The van der Waals surface area contributed by atoms with Crippen LogP contribution in [-0.2, 0) is 6.42 Å². The molecule has 1 atom stereocenters. The first-order valence-electron chi connectivity index (χ1n) is 6.80. The molecular weight excluding hydrogens is 258 g/mol. The SMILES string of the molecule is CCc1nnc(NCC[C@H]2COc3ccccc3O2)o1. The van der Waals surface area contributed by atoms with Gasteiger partial charge < -0.3 is 19.2 Å². The van der Waals surface area contributed by atoms with Crippen LogP contribution in [0.3, 0.4) is 0 Å². The molecule has 0 saturated heterocycles. The standard InChI is InChI=1S/C14H17N3O3/c1-2-13-16-17-14(20-13)15-8-7-10-9-18-11-5-3-4-6-12(11)19-10/h3-6,10H,2,7-9H2,1H3,(H,15,17)/t10-/m0/s1. The number of hydrogen-bond acceptors (Lipinski definition) is 6. The molecule has 0 spiro atoms. The number of ether oxygens (including phenoxy) is 2. The molecule has 6 heteroatoms. The zero-order valence-corrected chi connectivity index (χ0v) is 11.3. The first-order valence-corrected chi connectivity index (χ1v) is 6.80. The third-order valence-electron chi connectivity index (χ3n) is 3.08. The number of nitrogens with zero attached hydrogens (tertiary/aromatic N) is 2. The van der Waals surface area contributed by atoms with Gasteiger partial charge in [-0.15, -0.1) is 5.10 Å². The molecule has 20 heavy (non-hydrogen) atoms. The van der Waals surface area contributed by atoms with Gasteiger partial charge in [0.2, 0.25) is 5.89 Å². The van der Waals surface area contributed by atoms with E-state index >= 15 is 0 Å². The van der Waals surface area contributed by atoms with Crippen LogP contribution in [0.15, 0.2) is 28.7 Å². The minimum Gasteiger partial charge on any atom is -0.486 e. The van der Waals surface area contributed by atoms with Crippen LogP contribution in [0.2, 0.25) is 0 Å². The van der Waals surface area contributed by atoms with Gasteiger partial charge in [0.25, 0.3) is 0 Å². The fourth-order valence-electron chi connectivity index (χ4n) is 2.01. The molecule has 106 valence electrons. The Hall–Kier alpha value is -2.24. The summed E-state index contributed by atoms with van der Waals surface area (Å²) < 4.78 is 16.9. The molecule has 0 fully saturated rings. The average molecular weight is 275 g/mol. The van der Waals surface area contributed by atoms with E-state index in [-0.39, 0.29) is 6.10 Å². The molecule has 1 aromatic heterocycles. The van der Waals surface area contributed by atoms with Crippen molar-refractivity contribution in [2.24, 2.45) is 0 Å². The number of aromatic nitrogens is 2. The van der Waals surface area contributed by atoms with Gasteiger partial charge in [-0.1, -0.05) is 24.2 Å². The van der Waals surface area contributed by atoms with E-state index in [2.05, 4.69) is 15.5 Å². The molecule has 0 radical (unpaired) electrons. The molecule has 1 aliphatic heterocycles. The minimum absolute atomic E-state index is 0.0333. The summed E-state index contributed by atoms with van der Waals surface area (Å²) in [6.45, 7) is 3.23. The Morgan fingerprint density at radius 3 is 2.90 bits per heavy atom. The maximum absolute atomic E-state index is 5.86. The second-order valence-corrected chi connectivity index (χ2v) is 4.57. The lowest BCUT2D eigenvalue weighted by Crippen LogP contribution is -2.30. The van der Waals surface area contributed by atoms with Crippen molar-refractivity contribution in [2.75, 3.05) is 18.5 Å². The van der Waals surface area contributed by atoms with E-state index in [9.17, 15) is 0 Å². The van der Waals surface area contributed by atoms with E-state index in [4.69, 9.17) is 13.9 Å².